The van der Waals surface area contributed by atoms with E-state index in [0.717, 1.165) is 42.7 Å². The number of amides is 3. The minimum absolute atomic E-state index is 0.0306. The zero-order valence-electron chi connectivity index (χ0n) is 21.1. The van der Waals surface area contributed by atoms with Gasteiger partial charge in [0.25, 0.3) is 11.8 Å². The predicted molar refractivity (Wildman–Crippen MR) is 146 cm³/mol. The molecule has 38 heavy (non-hydrogen) atoms. The molecule has 3 amide bonds. The molecule has 0 spiro atoms. The Morgan fingerprint density at radius 3 is 2.08 bits per heavy atom. The van der Waals surface area contributed by atoms with Gasteiger partial charge in [0, 0.05) is 17.8 Å². The van der Waals surface area contributed by atoms with E-state index in [1.54, 1.807) is 24.3 Å². The van der Waals surface area contributed by atoms with Crippen LogP contribution in [-0.2, 0) is 9.59 Å². The number of likely N-dealkylation sites (tertiary alicyclic amines) is 1. The van der Waals surface area contributed by atoms with Crippen molar-refractivity contribution in [1.29, 1.82) is 0 Å². The molecule has 9 nitrogen and oxygen atoms in total. The van der Waals surface area contributed by atoms with E-state index in [9.17, 15) is 14.4 Å². The molecule has 198 valence electrons. The number of benzene rings is 3. The van der Waals surface area contributed by atoms with Crippen LogP contribution in [-0.4, -0.2) is 60.0 Å². The zero-order valence-corrected chi connectivity index (χ0v) is 21.1. The molecule has 1 heterocycles. The van der Waals surface area contributed by atoms with E-state index in [1.165, 1.54) is 11.0 Å². The predicted octanol–water partition coefficient (Wildman–Crippen LogP) is 2.73. The third-order valence-corrected chi connectivity index (χ3v) is 6.84. The van der Waals surface area contributed by atoms with Gasteiger partial charge in [0.2, 0.25) is 5.91 Å². The lowest BCUT2D eigenvalue weighted by Gasteiger charge is -2.31. The van der Waals surface area contributed by atoms with Crippen molar-refractivity contribution in [3.05, 3.63) is 90.0 Å². The highest BCUT2D eigenvalue weighted by Crippen LogP contribution is 2.27. The Hall–Kier alpha value is -4.05. The molecule has 0 saturated carbocycles. The first-order valence-electron chi connectivity index (χ1n) is 12.7. The van der Waals surface area contributed by atoms with Gasteiger partial charge in [-0.05, 0) is 72.8 Å². The van der Waals surface area contributed by atoms with E-state index in [-0.39, 0.29) is 12.5 Å². The van der Waals surface area contributed by atoms with Crippen LogP contribution in [0.4, 0.5) is 5.69 Å². The molecule has 1 aliphatic rings. The molecule has 1 saturated heterocycles. The van der Waals surface area contributed by atoms with Crippen molar-refractivity contribution >= 4 is 23.4 Å². The summed E-state index contributed by atoms with van der Waals surface area (Å²) in [4.78, 5) is 38.7. The van der Waals surface area contributed by atoms with Gasteiger partial charge in [-0.25, -0.2) is 5.48 Å². The average molecular weight is 516 g/mol. The molecule has 0 aromatic heterocycles. The normalized spacial score (nSPS) is 14.9. The van der Waals surface area contributed by atoms with E-state index in [4.69, 9.17) is 10.9 Å². The highest BCUT2D eigenvalue weighted by Gasteiger charge is 2.22. The lowest BCUT2D eigenvalue weighted by atomic mass is 9.89. The molecule has 0 radical (unpaired) electrons. The third kappa shape index (κ3) is 7.04. The highest BCUT2D eigenvalue weighted by molar-refractivity contribution is 5.98. The van der Waals surface area contributed by atoms with Crippen molar-refractivity contribution in [3.63, 3.8) is 0 Å². The van der Waals surface area contributed by atoms with Crippen LogP contribution in [0.15, 0.2) is 78.9 Å². The Labute approximate surface area is 222 Å². The number of anilines is 1. The van der Waals surface area contributed by atoms with Crippen molar-refractivity contribution < 1.29 is 19.6 Å². The summed E-state index contributed by atoms with van der Waals surface area (Å²) in [7, 11) is 0. The largest absolute Gasteiger partial charge is 0.339 e. The Kier molecular flexibility index (Phi) is 9.21. The Morgan fingerprint density at radius 1 is 0.895 bits per heavy atom. The number of rotatable bonds is 9. The Morgan fingerprint density at radius 2 is 1.50 bits per heavy atom. The van der Waals surface area contributed by atoms with Gasteiger partial charge in [-0.15, -0.1) is 0 Å². The summed E-state index contributed by atoms with van der Waals surface area (Å²) in [6.45, 7) is 2.03. The van der Waals surface area contributed by atoms with Crippen LogP contribution in [0.5, 0.6) is 0 Å². The fraction of sp³-hybridized carbons (Fsp3) is 0.276. The number of piperidine rings is 1. The van der Waals surface area contributed by atoms with Crippen LogP contribution >= 0.6 is 0 Å². The average Bonchev–Trinajstić information content (AvgIpc) is 2.96. The minimum atomic E-state index is -1.03. The van der Waals surface area contributed by atoms with Crippen LogP contribution in [0.1, 0.15) is 34.7 Å². The maximum Gasteiger partial charge on any atom is 0.267 e. The summed E-state index contributed by atoms with van der Waals surface area (Å²) in [5.74, 6) is -0.728. The second kappa shape index (κ2) is 13.0. The number of nitrogens with one attached hydrogen (secondary N) is 3. The lowest BCUT2D eigenvalue weighted by Crippen LogP contribution is -2.50. The van der Waals surface area contributed by atoms with Crippen molar-refractivity contribution in [3.8, 4) is 11.1 Å². The van der Waals surface area contributed by atoms with Gasteiger partial charge in [-0.2, -0.15) is 0 Å². The maximum absolute atomic E-state index is 12.6. The van der Waals surface area contributed by atoms with Gasteiger partial charge >= 0.3 is 0 Å². The number of carbonyl (C=O) groups is 3. The molecule has 1 atom stereocenters. The van der Waals surface area contributed by atoms with Gasteiger partial charge in [0.15, 0.2) is 0 Å². The number of carbonyl (C=O) groups excluding carboxylic acids is 3. The van der Waals surface area contributed by atoms with Crippen LogP contribution < -0.4 is 21.8 Å². The Balaban J connectivity index is 1.26. The molecular formula is C29H33N5O4. The minimum Gasteiger partial charge on any atom is -0.339 e. The highest BCUT2D eigenvalue weighted by atomic mass is 16.5. The first-order chi connectivity index (χ1) is 18.5. The molecular weight excluding hydrogens is 482 g/mol. The number of hydrogen-bond donors (Lipinski definition) is 5. The fourth-order valence-electron chi connectivity index (χ4n) is 4.66. The molecule has 3 aromatic rings. The van der Waals surface area contributed by atoms with Crippen molar-refractivity contribution in [2.24, 2.45) is 5.73 Å². The van der Waals surface area contributed by atoms with Crippen LogP contribution in [0.25, 0.3) is 11.1 Å². The quantitative estimate of drug-likeness (QED) is 0.220. The summed E-state index contributed by atoms with van der Waals surface area (Å²) in [6.07, 6.45) is 2.11. The zero-order chi connectivity index (χ0) is 26.9. The standard InChI is InChI=1S/C29H33N5O4/c30-18-26(29(37)33-38)32-28(36)24-8-6-21(7-9-24)22-10-12-25(13-11-22)31-27(35)19-34-16-14-23(15-17-34)20-4-2-1-3-5-20/h1-13,23,26,38H,14-19,30H2,(H,31,35)(H,32,36)(H,33,37)/t26-/m0/s1. The maximum atomic E-state index is 12.6. The van der Waals surface area contributed by atoms with E-state index in [0.29, 0.717) is 18.0 Å². The van der Waals surface area contributed by atoms with Crippen LogP contribution in [0, 0.1) is 0 Å². The molecule has 0 unspecified atom stereocenters. The summed E-state index contributed by atoms with van der Waals surface area (Å²) in [6, 6.07) is 23.9. The third-order valence-electron chi connectivity index (χ3n) is 6.84. The van der Waals surface area contributed by atoms with E-state index >= 15 is 0 Å². The van der Waals surface area contributed by atoms with Crippen molar-refractivity contribution in [2.45, 2.75) is 24.8 Å². The second-order valence-electron chi connectivity index (χ2n) is 9.40. The van der Waals surface area contributed by atoms with Gasteiger partial charge in [0.1, 0.15) is 6.04 Å². The van der Waals surface area contributed by atoms with Gasteiger partial charge in [-0.1, -0.05) is 54.6 Å². The summed E-state index contributed by atoms with van der Waals surface area (Å²) in [5.41, 5.74) is 11.2. The van der Waals surface area contributed by atoms with E-state index < -0.39 is 17.9 Å². The smallest absolute Gasteiger partial charge is 0.267 e. The number of nitrogens with two attached hydrogens (primary N) is 1. The van der Waals surface area contributed by atoms with Gasteiger partial charge < -0.3 is 16.4 Å². The Bertz CT molecular complexity index is 1220. The summed E-state index contributed by atoms with van der Waals surface area (Å²) >= 11 is 0. The molecule has 0 bridgehead atoms. The topological polar surface area (TPSA) is 137 Å². The van der Waals surface area contributed by atoms with Crippen LogP contribution in [0.2, 0.25) is 0 Å². The molecule has 1 fully saturated rings. The lowest BCUT2D eigenvalue weighted by molar-refractivity contribution is -0.130. The molecule has 9 heteroatoms. The van der Waals surface area contributed by atoms with E-state index in [2.05, 4.69) is 39.8 Å². The fourth-order valence-corrected chi connectivity index (χ4v) is 4.66. The first kappa shape index (κ1) is 27.0. The summed E-state index contributed by atoms with van der Waals surface area (Å²) in [5, 5.41) is 14.2. The molecule has 3 aromatic carbocycles. The molecule has 4 rings (SSSR count). The van der Waals surface area contributed by atoms with Crippen molar-refractivity contribution in [2.75, 3.05) is 31.5 Å². The molecule has 1 aliphatic heterocycles. The molecule has 6 N–H and O–H groups in total. The first-order valence-corrected chi connectivity index (χ1v) is 12.7. The SMILES string of the molecule is NC[C@H](NC(=O)c1ccc(-c2ccc(NC(=O)CN3CCC(c4ccccc4)CC3)cc2)cc1)C(=O)NO. The number of hydrogen-bond acceptors (Lipinski definition) is 6. The molecule has 0 aliphatic carbocycles. The number of hydroxylamine groups is 1. The van der Waals surface area contributed by atoms with Gasteiger partial charge in [-0.3, -0.25) is 24.5 Å². The monoisotopic (exact) mass is 515 g/mol. The second-order valence-corrected chi connectivity index (χ2v) is 9.40. The van der Waals surface area contributed by atoms with Crippen LogP contribution in [0.3, 0.4) is 0 Å². The van der Waals surface area contributed by atoms with Gasteiger partial charge in [0.05, 0.1) is 6.54 Å². The summed E-state index contributed by atoms with van der Waals surface area (Å²) < 4.78 is 0. The van der Waals surface area contributed by atoms with Crippen molar-refractivity contribution in [1.82, 2.24) is 15.7 Å². The number of nitrogens with zero attached hydrogens (tertiary/aromatic N) is 1. The van der Waals surface area contributed by atoms with E-state index in [1.807, 2.05) is 30.3 Å².